The van der Waals surface area contributed by atoms with Gasteiger partial charge >= 0.3 is 0 Å². The summed E-state index contributed by atoms with van der Waals surface area (Å²) in [5, 5.41) is 4.01. The highest BCUT2D eigenvalue weighted by atomic mass is 79.9. The minimum absolute atomic E-state index is 0.0132. The molecule has 0 saturated heterocycles. The maximum absolute atomic E-state index is 12.3. The summed E-state index contributed by atoms with van der Waals surface area (Å²) in [5.41, 5.74) is 6.89. The van der Waals surface area contributed by atoms with E-state index in [9.17, 15) is 8.42 Å². The Morgan fingerprint density at radius 1 is 1.42 bits per heavy atom. The number of hydrogen-bond acceptors (Lipinski definition) is 4. The van der Waals surface area contributed by atoms with E-state index in [2.05, 4.69) is 21.0 Å². The van der Waals surface area contributed by atoms with Gasteiger partial charge in [-0.15, -0.1) is 0 Å². The van der Waals surface area contributed by atoms with E-state index >= 15 is 0 Å². The molecule has 0 saturated carbocycles. The number of halogens is 1. The van der Waals surface area contributed by atoms with E-state index in [4.69, 9.17) is 5.73 Å². The Hall–Kier alpha value is -1.34. The third kappa shape index (κ3) is 3.36. The summed E-state index contributed by atoms with van der Waals surface area (Å²) in [6, 6.07) is 4.84. The molecule has 1 aromatic carbocycles. The van der Waals surface area contributed by atoms with Crippen molar-refractivity contribution in [2.24, 2.45) is 7.05 Å². The van der Waals surface area contributed by atoms with Gasteiger partial charge < -0.3 is 5.73 Å². The lowest BCUT2D eigenvalue weighted by molar-refractivity contribution is 0.595. The number of nitrogen functional groups attached to an aromatic ring is 1. The lowest BCUT2D eigenvalue weighted by atomic mass is 10.3. The molecule has 0 fully saturated rings. The number of nitrogens with two attached hydrogens (primary N) is 1. The van der Waals surface area contributed by atoms with Crippen molar-refractivity contribution in [2.45, 2.75) is 11.3 Å². The summed E-state index contributed by atoms with van der Waals surface area (Å²) < 4.78 is 26.9. The van der Waals surface area contributed by atoms with Gasteiger partial charge in [0, 0.05) is 17.7 Å². The van der Waals surface area contributed by atoms with Gasteiger partial charge in [0.15, 0.2) is 9.84 Å². The van der Waals surface area contributed by atoms with Crippen LogP contribution in [-0.2, 0) is 23.3 Å². The first-order valence-electron chi connectivity index (χ1n) is 5.64. The van der Waals surface area contributed by atoms with Crippen LogP contribution in [0.4, 0.5) is 5.69 Å². The van der Waals surface area contributed by atoms with Crippen LogP contribution in [-0.4, -0.2) is 24.0 Å². The van der Waals surface area contributed by atoms with Crippen molar-refractivity contribution in [3.8, 4) is 0 Å². The molecule has 2 N–H and O–H groups in total. The lowest BCUT2D eigenvalue weighted by Crippen LogP contribution is -2.11. The van der Waals surface area contributed by atoms with Crippen molar-refractivity contribution in [1.82, 2.24) is 9.78 Å². The van der Waals surface area contributed by atoms with Gasteiger partial charge in [0.2, 0.25) is 0 Å². The molecule has 1 aromatic heterocycles. The maximum atomic E-state index is 12.3. The van der Waals surface area contributed by atoms with Crippen LogP contribution < -0.4 is 5.73 Å². The van der Waals surface area contributed by atoms with Crippen molar-refractivity contribution in [1.29, 1.82) is 0 Å². The fraction of sp³-hybridized carbons (Fsp3) is 0.250. The molecule has 2 aromatic rings. The Morgan fingerprint density at radius 3 is 2.79 bits per heavy atom. The lowest BCUT2D eigenvalue weighted by Gasteiger charge is -2.07. The number of sulfone groups is 1. The van der Waals surface area contributed by atoms with Crippen LogP contribution in [0.25, 0.3) is 0 Å². The summed E-state index contributed by atoms with van der Waals surface area (Å²) in [6.07, 6.45) is 3.89. The molecular formula is C12H14BrN3O2S. The number of hydrogen-bond donors (Lipinski definition) is 1. The van der Waals surface area contributed by atoms with Gasteiger partial charge in [-0.25, -0.2) is 8.42 Å². The first-order valence-corrected chi connectivity index (χ1v) is 8.08. The number of benzene rings is 1. The Bertz CT molecular complexity index is 695. The van der Waals surface area contributed by atoms with E-state index in [1.54, 1.807) is 36.3 Å². The molecule has 19 heavy (non-hydrogen) atoms. The number of nitrogens with zero attached hydrogens (tertiary/aromatic N) is 2. The second-order valence-electron chi connectivity index (χ2n) is 4.27. The summed E-state index contributed by atoms with van der Waals surface area (Å²) in [5.74, 6) is 0.0132. The molecule has 0 spiro atoms. The summed E-state index contributed by atoms with van der Waals surface area (Å²) in [7, 11) is -1.60. The highest BCUT2D eigenvalue weighted by molar-refractivity contribution is 9.10. The van der Waals surface area contributed by atoms with Crippen molar-refractivity contribution in [3.05, 3.63) is 40.6 Å². The number of rotatable bonds is 4. The Kier molecular flexibility index (Phi) is 3.96. The molecule has 102 valence electrons. The van der Waals surface area contributed by atoms with Crippen molar-refractivity contribution in [2.75, 3.05) is 11.5 Å². The first-order chi connectivity index (χ1) is 8.88. The molecule has 7 heteroatoms. The van der Waals surface area contributed by atoms with Gasteiger partial charge in [0.05, 0.1) is 22.5 Å². The Labute approximate surface area is 120 Å². The SMILES string of the molecule is Cn1cc(CCS(=O)(=O)c2cc(Br)ccc2N)cn1. The molecular weight excluding hydrogens is 330 g/mol. The molecule has 5 nitrogen and oxygen atoms in total. The van der Waals surface area contributed by atoms with E-state index in [-0.39, 0.29) is 16.3 Å². The highest BCUT2D eigenvalue weighted by Gasteiger charge is 2.18. The van der Waals surface area contributed by atoms with Crippen LogP contribution >= 0.6 is 15.9 Å². The normalized spacial score (nSPS) is 11.7. The van der Waals surface area contributed by atoms with Crippen LogP contribution in [0, 0.1) is 0 Å². The minimum Gasteiger partial charge on any atom is -0.398 e. The minimum atomic E-state index is -3.39. The van der Waals surface area contributed by atoms with Crippen LogP contribution in [0.5, 0.6) is 0 Å². The zero-order chi connectivity index (χ0) is 14.0. The van der Waals surface area contributed by atoms with E-state index in [0.717, 1.165) is 5.56 Å². The molecule has 0 aliphatic carbocycles. The molecule has 0 aliphatic rings. The van der Waals surface area contributed by atoms with Gasteiger partial charge in [-0.1, -0.05) is 15.9 Å². The van der Waals surface area contributed by atoms with Crippen molar-refractivity contribution < 1.29 is 8.42 Å². The molecule has 0 aliphatic heterocycles. The van der Waals surface area contributed by atoms with Gasteiger partial charge in [0.1, 0.15) is 0 Å². The molecule has 1 heterocycles. The summed E-state index contributed by atoms with van der Waals surface area (Å²) in [4.78, 5) is 0.172. The average molecular weight is 344 g/mol. The van der Waals surface area contributed by atoms with E-state index in [0.29, 0.717) is 10.9 Å². The van der Waals surface area contributed by atoms with Gasteiger partial charge in [-0.3, -0.25) is 4.68 Å². The topological polar surface area (TPSA) is 78.0 Å². The molecule has 0 unspecified atom stereocenters. The smallest absolute Gasteiger partial charge is 0.180 e. The Balaban J connectivity index is 2.20. The van der Waals surface area contributed by atoms with E-state index < -0.39 is 9.84 Å². The second-order valence-corrected chi connectivity index (χ2v) is 7.27. The maximum Gasteiger partial charge on any atom is 0.180 e. The largest absolute Gasteiger partial charge is 0.398 e. The average Bonchev–Trinajstić information content (AvgIpc) is 2.76. The molecule has 0 radical (unpaired) electrons. The van der Waals surface area contributed by atoms with Gasteiger partial charge in [0.25, 0.3) is 0 Å². The van der Waals surface area contributed by atoms with Gasteiger partial charge in [-0.05, 0) is 30.2 Å². The number of anilines is 1. The molecule has 0 atom stereocenters. The van der Waals surface area contributed by atoms with E-state index in [1.807, 2.05) is 0 Å². The Morgan fingerprint density at radius 2 is 2.16 bits per heavy atom. The third-order valence-corrected chi connectivity index (χ3v) is 4.99. The summed E-state index contributed by atoms with van der Waals surface area (Å²) >= 11 is 3.25. The third-order valence-electron chi connectivity index (χ3n) is 2.73. The van der Waals surface area contributed by atoms with Crippen LogP contribution in [0.2, 0.25) is 0 Å². The fourth-order valence-corrected chi connectivity index (χ4v) is 3.71. The molecule has 0 bridgehead atoms. The van der Waals surface area contributed by atoms with Gasteiger partial charge in [-0.2, -0.15) is 5.10 Å². The monoisotopic (exact) mass is 343 g/mol. The quantitative estimate of drug-likeness (QED) is 0.858. The standard InChI is InChI=1S/C12H14BrN3O2S/c1-16-8-9(7-15-16)4-5-19(17,18)12-6-10(13)2-3-11(12)14/h2-3,6-8H,4-5,14H2,1H3. The van der Waals surface area contributed by atoms with Crippen molar-refractivity contribution in [3.63, 3.8) is 0 Å². The number of aromatic nitrogens is 2. The van der Waals surface area contributed by atoms with Crippen LogP contribution in [0.3, 0.4) is 0 Å². The molecule has 2 rings (SSSR count). The van der Waals surface area contributed by atoms with Crippen molar-refractivity contribution >= 4 is 31.5 Å². The summed E-state index contributed by atoms with van der Waals surface area (Å²) in [6.45, 7) is 0. The predicted molar refractivity (Wildman–Crippen MR) is 77.5 cm³/mol. The molecule has 0 amide bonds. The number of aryl methyl sites for hydroxylation is 2. The predicted octanol–water partition coefficient (Wildman–Crippen LogP) is 1.78. The first kappa shape index (κ1) is 14.1. The van der Waals surface area contributed by atoms with E-state index in [1.165, 1.54) is 6.07 Å². The fourth-order valence-electron chi connectivity index (χ4n) is 1.74. The van der Waals surface area contributed by atoms with Crippen LogP contribution in [0.15, 0.2) is 40.0 Å². The van der Waals surface area contributed by atoms with Crippen LogP contribution in [0.1, 0.15) is 5.56 Å². The zero-order valence-corrected chi connectivity index (χ0v) is 12.8. The zero-order valence-electron chi connectivity index (χ0n) is 10.4. The highest BCUT2D eigenvalue weighted by Crippen LogP contribution is 2.24. The second kappa shape index (κ2) is 5.34.